The maximum atomic E-state index is 12.3. The molecule has 0 bridgehead atoms. The van der Waals surface area contributed by atoms with E-state index in [0.717, 1.165) is 4.31 Å². The molecule has 1 amide bonds. The molecule has 0 aliphatic rings. The van der Waals surface area contributed by atoms with Crippen LogP contribution in [0, 0.1) is 6.92 Å². The molecule has 0 fully saturated rings. The van der Waals surface area contributed by atoms with E-state index in [0.29, 0.717) is 17.0 Å². The van der Waals surface area contributed by atoms with E-state index in [1.165, 1.54) is 39.4 Å². The molecule has 0 aromatic heterocycles. The Labute approximate surface area is 164 Å². The van der Waals surface area contributed by atoms with Crippen LogP contribution in [0.4, 0.5) is 5.69 Å². The van der Waals surface area contributed by atoms with Crippen molar-refractivity contribution >= 4 is 27.6 Å². The van der Waals surface area contributed by atoms with Gasteiger partial charge in [-0.05, 0) is 36.8 Å². The first-order chi connectivity index (χ1) is 13.1. The van der Waals surface area contributed by atoms with Crippen LogP contribution in [0.1, 0.15) is 15.9 Å². The topological polar surface area (TPSA) is 102 Å². The molecular weight excluding hydrogens is 384 g/mol. The number of hydrogen-bond acceptors (Lipinski definition) is 6. The van der Waals surface area contributed by atoms with E-state index in [2.05, 4.69) is 5.32 Å². The number of aryl methyl sites for hydroxylation is 1. The highest BCUT2D eigenvalue weighted by molar-refractivity contribution is 7.89. The van der Waals surface area contributed by atoms with E-state index in [4.69, 9.17) is 9.47 Å². The first-order valence-electron chi connectivity index (χ1n) is 8.29. The number of esters is 1. The molecule has 0 unspecified atom stereocenters. The molecule has 0 saturated carbocycles. The van der Waals surface area contributed by atoms with Crippen molar-refractivity contribution in [2.24, 2.45) is 0 Å². The minimum absolute atomic E-state index is 0.0316. The normalized spacial score (nSPS) is 11.2. The van der Waals surface area contributed by atoms with Gasteiger partial charge < -0.3 is 14.8 Å². The van der Waals surface area contributed by atoms with Gasteiger partial charge in [-0.15, -0.1) is 0 Å². The van der Waals surface area contributed by atoms with E-state index in [9.17, 15) is 18.0 Å². The van der Waals surface area contributed by atoms with Crippen LogP contribution in [0.15, 0.2) is 47.4 Å². The highest BCUT2D eigenvalue weighted by Gasteiger charge is 2.21. The summed E-state index contributed by atoms with van der Waals surface area (Å²) >= 11 is 0. The van der Waals surface area contributed by atoms with Crippen molar-refractivity contribution in [1.29, 1.82) is 0 Å². The molecule has 2 rings (SSSR count). The average Bonchev–Trinajstić information content (AvgIpc) is 2.66. The molecular formula is C19H22N2O6S. The fourth-order valence-corrected chi connectivity index (χ4v) is 3.23. The van der Waals surface area contributed by atoms with Crippen LogP contribution in [0.5, 0.6) is 5.75 Å². The molecule has 1 N–H and O–H groups in total. The Morgan fingerprint density at radius 3 is 2.46 bits per heavy atom. The number of rotatable bonds is 7. The minimum atomic E-state index is -3.69. The van der Waals surface area contributed by atoms with Gasteiger partial charge in [0.05, 0.1) is 17.6 Å². The monoisotopic (exact) mass is 406 g/mol. The highest BCUT2D eigenvalue weighted by Crippen LogP contribution is 2.19. The summed E-state index contributed by atoms with van der Waals surface area (Å²) in [4.78, 5) is 24.3. The summed E-state index contributed by atoms with van der Waals surface area (Å²) in [6.07, 6.45) is 0. The zero-order chi connectivity index (χ0) is 20.9. The van der Waals surface area contributed by atoms with E-state index < -0.39 is 28.5 Å². The van der Waals surface area contributed by atoms with Gasteiger partial charge in [-0.25, -0.2) is 17.5 Å². The molecule has 8 nitrogen and oxygen atoms in total. The third-order valence-corrected chi connectivity index (χ3v) is 5.71. The van der Waals surface area contributed by atoms with Gasteiger partial charge in [0.2, 0.25) is 10.0 Å². The second-order valence-corrected chi connectivity index (χ2v) is 8.27. The Balaban J connectivity index is 2.07. The van der Waals surface area contributed by atoms with Crippen LogP contribution in [-0.2, 0) is 19.6 Å². The van der Waals surface area contributed by atoms with Gasteiger partial charge in [-0.2, -0.15) is 0 Å². The minimum Gasteiger partial charge on any atom is -0.497 e. The number of nitrogens with zero attached hydrogens (tertiary/aromatic N) is 1. The number of sulfonamides is 1. The molecule has 0 heterocycles. The summed E-state index contributed by atoms with van der Waals surface area (Å²) in [5.41, 5.74) is 1.11. The first kappa shape index (κ1) is 21.4. The predicted molar refractivity (Wildman–Crippen MR) is 104 cm³/mol. The third-order valence-electron chi connectivity index (χ3n) is 3.90. The van der Waals surface area contributed by atoms with Gasteiger partial charge >= 0.3 is 5.97 Å². The number of methoxy groups -OCH3 is 1. The van der Waals surface area contributed by atoms with Crippen molar-refractivity contribution in [3.05, 3.63) is 53.6 Å². The van der Waals surface area contributed by atoms with Gasteiger partial charge in [0, 0.05) is 25.8 Å². The van der Waals surface area contributed by atoms with Gasteiger partial charge in [-0.1, -0.05) is 12.1 Å². The second kappa shape index (κ2) is 8.85. The summed E-state index contributed by atoms with van der Waals surface area (Å²) in [6, 6.07) is 10.9. The Kier molecular flexibility index (Phi) is 6.76. The second-order valence-electron chi connectivity index (χ2n) is 6.12. The smallest absolute Gasteiger partial charge is 0.338 e. The van der Waals surface area contributed by atoms with Crippen LogP contribution in [0.25, 0.3) is 0 Å². The van der Waals surface area contributed by atoms with Crippen molar-refractivity contribution in [3.63, 3.8) is 0 Å². The zero-order valence-corrected chi connectivity index (χ0v) is 16.9. The van der Waals surface area contributed by atoms with E-state index in [1.54, 1.807) is 31.2 Å². The van der Waals surface area contributed by atoms with Crippen molar-refractivity contribution in [3.8, 4) is 5.75 Å². The number of amides is 1. The molecule has 28 heavy (non-hydrogen) atoms. The molecule has 0 atom stereocenters. The molecule has 2 aromatic carbocycles. The SMILES string of the molecule is COc1cccc(NC(=O)COC(=O)c2cc(S(=O)(=O)N(C)C)ccc2C)c1. The van der Waals surface area contributed by atoms with Gasteiger partial charge in [0.25, 0.3) is 5.91 Å². The Hall–Kier alpha value is -2.91. The number of hydrogen-bond donors (Lipinski definition) is 1. The summed E-state index contributed by atoms with van der Waals surface area (Å²) in [7, 11) is 0.614. The lowest BCUT2D eigenvalue weighted by atomic mass is 10.1. The average molecular weight is 406 g/mol. The number of nitrogens with one attached hydrogen (secondary N) is 1. The summed E-state index contributed by atoms with van der Waals surface area (Å²) in [6.45, 7) is 1.14. The van der Waals surface area contributed by atoms with Crippen molar-refractivity contribution in [1.82, 2.24) is 4.31 Å². The van der Waals surface area contributed by atoms with E-state index >= 15 is 0 Å². The Bertz CT molecular complexity index is 986. The van der Waals surface area contributed by atoms with Crippen LogP contribution in [0.3, 0.4) is 0 Å². The van der Waals surface area contributed by atoms with E-state index in [1.807, 2.05) is 0 Å². The predicted octanol–water partition coefficient (Wildman–Crippen LogP) is 2.05. The van der Waals surface area contributed by atoms with E-state index in [-0.39, 0.29) is 10.5 Å². The molecule has 150 valence electrons. The quantitative estimate of drug-likeness (QED) is 0.706. The van der Waals surface area contributed by atoms with Crippen LogP contribution in [-0.4, -0.2) is 52.4 Å². The van der Waals surface area contributed by atoms with Gasteiger partial charge in [-0.3, -0.25) is 4.79 Å². The van der Waals surface area contributed by atoms with Crippen molar-refractivity contribution in [2.45, 2.75) is 11.8 Å². The number of anilines is 1. The van der Waals surface area contributed by atoms with Crippen LogP contribution < -0.4 is 10.1 Å². The lowest BCUT2D eigenvalue weighted by molar-refractivity contribution is -0.119. The zero-order valence-electron chi connectivity index (χ0n) is 16.1. The molecule has 0 aliphatic heterocycles. The number of ether oxygens (including phenoxy) is 2. The summed E-state index contributed by atoms with van der Waals surface area (Å²) in [5, 5.41) is 2.59. The van der Waals surface area contributed by atoms with Crippen molar-refractivity contribution in [2.75, 3.05) is 33.1 Å². The highest BCUT2D eigenvalue weighted by atomic mass is 32.2. The number of benzene rings is 2. The first-order valence-corrected chi connectivity index (χ1v) is 9.73. The standard InChI is InChI=1S/C19H22N2O6S/c1-13-8-9-16(28(24,25)21(2)3)11-17(13)19(23)27-12-18(22)20-14-6-5-7-15(10-14)26-4/h5-11H,12H2,1-4H3,(H,20,22). The van der Waals surface area contributed by atoms with Crippen molar-refractivity contribution < 1.29 is 27.5 Å². The Morgan fingerprint density at radius 1 is 1.11 bits per heavy atom. The lowest BCUT2D eigenvalue weighted by Crippen LogP contribution is -2.23. The molecule has 0 radical (unpaired) electrons. The molecule has 9 heteroatoms. The molecule has 0 spiro atoms. The van der Waals surface area contributed by atoms with Gasteiger partial charge in [0.1, 0.15) is 5.75 Å². The maximum absolute atomic E-state index is 12.3. The third kappa shape index (κ3) is 5.08. The fourth-order valence-electron chi connectivity index (χ4n) is 2.30. The lowest BCUT2D eigenvalue weighted by Gasteiger charge is -2.13. The fraction of sp³-hybridized carbons (Fsp3) is 0.263. The molecule has 2 aromatic rings. The number of carbonyl (C=O) groups is 2. The largest absolute Gasteiger partial charge is 0.497 e. The number of carbonyl (C=O) groups excluding carboxylic acids is 2. The molecule has 0 aliphatic carbocycles. The summed E-state index contributed by atoms with van der Waals surface area (Å²) in [5.74, 6) is -0.741. The van der Waals surface area contributed by atoms with Crippen LogP contribution in [0.2, 0.25) is 0 Å². The maximum Gasteiger partial charge on any atom is 0.338 e. The van der Waals surface area contributed by atoms with Gasteiger partial charge in [0.15, 0.2) is 6.61 Å². The Morgan fingerprint density at radius 2 is 1.82 bits per heavy atom. The molecule has 0 saturated heterocycles. The summed E-state index contributed by atoms with van der Waals surface area (Å²) < 4.78 is 35.6. The van der Waals surface area contributed by atoms with Crippen LogP contribution >= 0.6 is 0 Å².